The molecule has 0 saturated carbocycles. The molecular formula is C11H22N2O2S. The molecule has 2 fully saturated rings. The zero-order chi connectivity index (χ0) is 11.6. The van der Waals surface area contributed by atoms with E-state index in [2.05, 4.69) is 10.6 Å². The van der Waals surface area contributed by atoms with Crippen LogP contribution in [-0.4, -0.2) is 44.6 Å². The van der Waals surface area contributed by atoms with Gasteiger partial charge in [-0.3, -0.25) is 0 Å². The molecule has 94 valence electrons. The molecule has 0 bridgehead atoms. The van der Waals surface area contributed by atoms with Crippen molar-refractivity contribution in [1.29, 1.82) is 0 Å². The van der Waals surface area contributed by atoms with Gasteiger partial charge in [0.15, 0.2) is 9.84 Å². The van der Waals surface area contributed by atoms with E-state index >= 15 is 0 Å². The second-order valence-electron chi connectivity index (χ2n) is 5.41. The predicted octanol–water partition coefficient (Wildman–Crippen LogP) is 0.295. The Hall–Kier alpha value is -0.130. The molecule has 2 aliphatic heterocycles. The molecule has 0 amide bonds. The van der Waals surface area contributed by atoms with Gasteiger partial charge in [-0.15, -0.1) is 0 Å². The molecular weight excluding hydrogens is 224 g/mol. The molecule has 0 radical (unpaired) electrons. The van der Waals surface area contributed by atoms with Crippen LogP contribution in [0, 0.1) is 0 Å². The summed E-state index contributed by atoms with van der Waals surface area (Å²) in [5.41, 5.74) is -0.183. The van der Waals surface area contributed by atoms with Crippen LogP contribution < -0.4 is 10.6 Å². The number of hydrogen-bond donors (Lipinski definition) is 2. The van der Waals surface area contributed by atoms with Gasteiger partial charge in [0, 0.05) is 11.6 Å². The van der Waals surface area contributed by atoms with Gasteiger partial charge in [0.25, 0.3) is 0 Å². The molecule has 2 heterocycles. The number of nitrogens with one attached hydrogen (secondary N) is 2. The molecule has 0 spiro atoms. The first-order valence-electron chi connectivity index (χ1n) is 6.18. The number of rotatable bonds is 4. The lowest BCUT2D eigenvalue weighted by atomic mass is 10.0. The van der Waals surface area contributed by atoms with Crippen molar-refractivity contribution >= 4 is 9.84 Å². The van der Waals surface area contributed by atoms with E-state index < -0.39 is 9.84 Å². The predicted molar refractivity (Wildman–Crippen MR) is 65.3 cm³/mol. The zero-order valence-electron chi connectivity index (χ0n) is 9.96. The molecule has 0 aromatic rings. The summed E-state index contributed by atoms with van der Waals surface area (Å²) in [6.07, 6.45) is 4.40. The second kappa shape index (κ2) is 4.63. The van der Waals surface area contributed by atoms with Gasteiger partial charge in [-0.05, 0) is 45.7 Å². The number of hydrogen-bond acceptors (Lipinski definition) is 4. The van der Waals surface area contributed by atoms with E-state index in [4.69, 9.17) is 0 Å². The van der Waals surface area contributed by atoms with Crippen LogP contribution >= 0.6 is 0 Å². The van der Waals surface area contributed by atoms with E-state index in [1.165, 1.54) is 12.8 Å². The molecule has 0 aromatic carbocycles. The van der Waals surface area contributed by atoms with Crippen molar-refractivity contribution in [1.82, 2.24) is 10.6 Å². The Morgan fingerprint density at radius 2 is 2.31 bits per heavy atom. The SMILES string of the molecule is CC1(NCCC2CCCN2)CCS(=O)(=O)C1. The Balaban J connectivity index is 1.73. The van der Waals surface area contributed by atoms with Gasteiger partial charge in [0.1, 0.15) is 0 Å². The van der Waals surface area contributed by atoms with E-state index in [1.54, 1.807) is 0 Å². The van der Waals surface area contributed by atoms with Crippen molar-refractivity contribution in [2.24, 2.45) is 0 Å². The second-order valence-corrected chi connectivity index (χ2v) is 7.60. The smallest absolute Gasteiger partial charge is 0.152 e. The molecule has 16 heavy (non-hydrogen) atoms. The van der Waals surface area contributed by atoms with Crippen molar-refractivity contribution in [2.45, 2.75) is 44.2 Å². The molecule has 0 aliphatic carbocycles. The summed E-state index contributed by atoms with van der Waals surface area (Å²) in [4.78, 5) is 0. The fourth-order valence-corrected chi connectivity index (χ4v) is 4.82. The fraction of sp³-hybridized carbons (Fsp3) is 1.00. The molecule has 2 atom stereocenters. The van der Waals surface area contributed by atoms with Crippen LogP contribution in [-0.2, 0) is 9.84 Å². The Morgan fingerprint density at radius 3 is 2.88 bits per heavy atom. The lowest BCUT2D eigenvalue weighted by Gasteiger charge is -2.24. The van der Waals surface area contributed by atoms with Crippen LogP contribution in [0.4, 0.5) is 0 Å². The van der Waals surface area contributed by atoms with Gasteiger partial charge in [-0.2, -0.15) is 0 Å². The maximum absolute atomic E-state index is 11.4. The quantitative estimate of drug-likeness (QED) is 0.749. The minimum absolute atomic E-state index is 0.183. The maximum atomic E-state index is 11.4. The molecule has 2 saturated heterocycles. The monoisotopic (exact) mass is 246 g/mol. The number of sulfone groups is 1. The van der Waals surface area contributed by atoms with Gasteiger partial charge < -0.3 is 10.6 Å². The van der Waals surface area contributed by atoms with Crippen molar-refractivity contribution in [2.75, 3.05) is 24.6 Å². The van der Waals surface area contributed by atoms with Crippen LogP contribution in [0.3, 0.4) is 0 Å². The topological polar surface area (TPSA) is 58.2 Å². The van der Waals surface area contributed by atoms with Crippen molar-refractivity contribution < 1.29 is 8.42 Å². The van der Waals surface area contributed by atoms with Crippen LogP contribution in [0.5, 0.6) is 0 Å². The third-order valence-electron chi connectivity index (χ3n) is 3.71. The third-order valence-corrected chi connectivity index (χ3v) is 5.61. The highest BCUT2D eigenvalue weighted by Crippen LogP contribution is 2.22. The first-order valence-corrected chi connectivity index (χ1v) is 8.00. The Bertz CT molecular complexity index is 336. The normalized spacial score (nSPS) is 37.9. The van der Waals surface area contributed by atoms with E-state index in [-0.39, 0.29) is 5.54 Å². The molecule has 4 nitrogen and oxygen atoms in total. The molecule has 2 N–H and O–H groups in total. The van der Waals surface area contributed by atoms with Crippen LogP contribution in [0.1, 0.15) is 32.6 Å². The largest absolute Gasteiger partial charge is 0.314 e. The van der Waals surface area contributed by atoms with E-state index in [0.29, 0.717) is 17.5 Å². The Labute approximate surface area is 98.1 Å². The molecule has 2 aliphatic rings. The van der Waals surface area contributed by atoms with E-state index in [0.717, 1.165) is 25.9 Å². The molecule has 2 rings (SSSR count). The van der Waals surface area contributed by atoms with E-state index in [9.17, 15) is 8.42 Å². The summed E-state index contributed by atoms with van der Waals surface area (Å²) in [7, 11) is -2.78. The van der Waals surface area contributed by atoms with Gasteiger partial charge >= 0.3 is 0 Å². The summed E-state index contributed by atoms with van der Waals surface area (Å²) in [5, 5.41) is 6.87. The fourth-order valence-electron chi connectivity index (χ4n) is 2.70. The highest BCUT2D eigenvalue weighted by molar-refractivity contribution is 7.91. The minimum Gasteiger partial charge on any atom is -0.314 e. The van der Waals surface area contributed by atoms with Gasteiger partial charge in [0.05, 0.1) is 11.5 Å². The summed E-state index contributed by atoms with van der Waals surface area (Å²) in [6.45, 7) is 4.08. The first-order chi connectivity index (χ1) is 7.49. The zero-order valence-corrected chi connectivity index (χ0v) is 10.8. The van der Waals surface area contributed by atoms with Crippen LogP contribution in [0.25, 0.3) is 0 Å². The minimum atomic E-state index is -2.78. The van der Waals surface area contributed by atoms with Gasteiger partial charge in [0.2, 0.25) is 0 Å². The van der Waals surface area contributed by atoms with Crippen molar-refractivity contribution in [3.8, 4) is 0 Å². The highest BCUT2D eigenvalue weighted by Gasteiger charge is 2.37. The summed E-state index contributed by atoms with van der Waals surface area (Å²) in [5.74, 6) is 0.649. The van der Waals surface area contributed by atoms with Gasteiger partial charge in [-0.25, -0.2) is 8.42 Å². The standard InChI is InChI=1S/C11H22N2O2S/c1-11(5-8-16(14,15)9-11)13-7-4-10-3-2-6-12-10/h10,12-13H,2-9H2,1H3. The van der Waals surface area contributed by atoms with Crippen molar-refractivity contribution in [3.63, 3.8) is 0 Å². The average molecular weight is 246 g/mol. The lowest BCUT2D eigenvalue weighted by Crippen LogP contribution is -2.45. The highest BCUT2D eigenvalue weighted by atomic mass is 32.2. The molecule has 5 heteroatoms. The lowest BCUT2D eigenvalue weighted by molar-refractivity contribution is 0.380. The van der Waals surface area contributed by atoms with Crippen LogP contribution in [0.2, 0.25) is 0 Å². The maximum Gasteiger partial charge on any atom is 0.152 e. The first kappa shape index (κ1) is 12.3. The Morgan fingerprint density at radius 1 is 1.50 bits per heavy atom. The average Bonchev–Trinajstić information content (AvgIpc) is 2.75. The molecule has 0 aromatic heterocycles. The van der Waals surface area contributed by atoms with Crippen LogP contribution in [0.15, 0.2) is 0 Å². The van der Waals surface area contributed by atoms with Gasteiger partial charge in [-0.1, -0.05) is 0 Å². The summed E-state index contributed by atoms with van der Waals surface area (Å²) in [6, 6.07) is 0.633. The van der Waals surface area contributed by atoms with Crippen molar-refractivity contribution in [3.05, 3.63) is 0 Å². The molecule has 2 unspecified atom stereocenters. The summed E-state index contributed by atoms with van der Waals surface area (Å²) < 4.78 is 22.8. The Kier molecular flexibility index (Phi) is 3.56. The third kappa shape index (κ3) is 3.18. The van der Waals surface area contributed by atoms with E-state index in [1.807, 2.05) is 6.92 Å². The summed E-state index contributed by atoms with van der Waals surface area (Å²) >= 11 is 0.